The lowest BCUT2D eigenvalue weighted by atomic mass is 10.1. The van der Waals surface area contributed by atoms with Crippen LogP contribution in [-0.4, -0.2) is 52.5 Å². The number of rotatable bonds is 8. The minimum Gasteiger partial charge on any atom is -0.356 e. The van der Waals surface area contributed by atoms with Crippen LogP contribution in [0.1, 0.15) is 17.9 Å². The van der Waals surface area contributed by atoms with Crippen LogP contribution in [0.2, 0.25) is 0 Å². The molecule has 0 aliphatic carbocycles. The van der Waals surface area contributed by atoms with Gasteiger partial charge in [-0.15, -0.1) is 0 Å². The smallest absolute Gasteiger partial charge is 0.237 e. The zero-order chi connectivity index (χ0) is 22.3. The van der Waals surface area contributed by atoms with Crippen molar-refractivity contribution in [3.63, 3.8) is 0 Å². The van der Waals surface area contributed by atoms with E-state index in [9.17, 15) is 14.0 Å². The molecule has 1 aliphatic heterocycles. The van der Waals surface area contributed by atoms with Gasteiger partial charge in [0.25, 0.3) is 0 Å². The highest BCUT2D eigenvalue weighted by atomic mass is 19.1. The first-order chi connectivity index (χ1) is 15.6. The third-order valence-corrected chi connectivity index (χ3v) is 5.28. The number of benzene rings is 2. The van der Waals surface area contributed by atoms with Gasteiger partial charge < -0.3 is 15.2 Å². The lowest BCUT2D eigenvalue weighted by Gasteiger charge is -2.34. The number of aromatic nitrogens is 2. The van der Waals surface area contributed by atoms with Crippen molar-refractivity contribution >= 4 is 11.8 Å². The Kier molecular flexibility index (Phi) is 6.86. The van der Waals surface area contributed by atoms with E-state index in [1.54, 1.807) is 12.1 Å². The van der Waals surface area contributed by atoms with E-state index >= 15 is 0 Å². The van der Waals surface area contributed by atoms with E-state index in [4.69, 9.17) is 4.52 Å². The van der Waals surface area contributed by atoms with Crippen molar-refractivity contribution in [2.45, 2.75) is 25.4 Å². The Morgan fingerprint density at radius 2 is 1.97 bits per heavy atom. The SMILES string of the molecule is O=C(CC1C(=O)NCCN1Cc1ccc(F)cc1)NCCc1nc(-c2ccccc2)no1. The first-order valence-electron chi connectivity index (χ1n) is 10.5. The molecule has 1 fully saturated rings. The van der Waals surface area contributed by atoms with Crippen LogP contribution >= 0.6 is 0 Å². The number of carbonyl (C=O) groups is 2. The predicted octanol–water partition coefficient (Wildman–Crippen LogP) is 1.93. The molecule has 166 valence electrons. The molecule has 8 nitrogen and oxygen atoms in total. The van der Waals surface area contributed by atoms with Gasteiger partial charge in [0.05, 0.1) is 12.5 Å². The normalized spacial score (nSPS) is 16.5. The van der Waals surface area contributed by atoms with Crippen LogP contribution in [0.5, 0.6) is 0 Å². The molecule has 3 aromatic rings. The molecule has 1 saturated heterocycles. The number of amides is 2. The first kappa shape index (κ1) is 21.6. The Morgan fingerprint density at radius 3 is 2.75 bits per heavy atom. The topological polar surface area (TPSA) is 100 Å². The number of hydrogen-bond acceptors (Lipinski definition) is 6. The summed E-state index contributed by atoms with van der Waals surface area (Å²) in [6.07, 6.45) is 0.424. The predicted molar refractivity (Wildman–Crippen MR) is 115 cm³/mol. The Morgan fingerprint density at radius 1 is 1.19 bits per heavy atom. The van der Waals surface area contributed by atoms with Crippen LogP contribution in [-0.2, 0) is 22.6 Å². The van der Waals surface area contributed by atoms with Crippen molar-refractivity contribution < 1.29 is 18.5 Å². The molecular weight excluding hydrogens is 413 g/mol. The van der Waals surface area contributed by atoms with E-state index in [1.165, 1.54) is 12.1 Å². The summed E-state index contributed by atoms with van der Waals surface area (Å²) in [6, 6.07) is 15.1. The van der Waals surface area contributed by atoms with Gasteiger partial charge in [-0.1, -0.05) is 47.6 Å². The molecule has 32 heavy (non-hydrogen) atoms. The largest absolute Gasteiger partial charge is 0.356 e. The third-order valence-electron chi connectivity index (χ3n) is 5.28. The lowest BCUT2D eigenvalue weighted by molar-refractivity contribution is -0.134. The number of hydrogen-bond donors (Lipinski definition) is 2. The number of carbonyl (C=O) groups excluding carboxylic acids is 2. The molecule has 1 unspecified atom stereocenters. The minimum atomic E-state index is -0.582. The van der Waals surface area contributed by atoms with Gasteiger partial charge in [-0.05, 0) is 17.7 Å². The fourth-order valence-electron chi connectivity index (χ4n) is 3.62. The number of nitrogens with one attached hydrogen (secondary N) is 2. The average molecular weight is 437 g/mol. The summed E-state index contributed by atoms with van der Waals surface area (Å²) in [4.78, 5) is 31.2. The van der Waals surface area contributed by atoms with Gasteiger partial charge in [-0.2, -0.15) is 4.98 Å². The molecule has 0 spiro atoms. The van der Waals surface area contributed by atoms with Gasteiger partial charge in [0.1, 0.15) is 5.82 Å². The molecule has 4 rings (SSSR count). The second-order valence-corrected chi connectivity index (χ2v) is 7.59. The molecule has 1 aromatic heterocycles. The van der Waals surface area contributed by atoms with E-state index in [1.807, 2.05) is 35.2 Å². The maximum atomic E-state index is 13.2. The monoisotopic (exact) mass is 437 g/mol. The van der Waals surface area contributed by atoms with E-state index in [-0.39, 0.29) is 24.1 Å². The molecule has 9 heteroatoms. The fraction of sp³-hybridized carbons (Fsp3) is 0.304. The molecule has 1 aliphatic rings. The minimum absolute atomic E-state index is 0.0339. The quantitative estimate of drug-likeness (QED) is 0.559. The summed E-state index contributed by atoms with van der Waals surface area (Å²) in [7, 11) is 0. The maximum absolute atomic E-state index is 13.2. The van der Waals surface area contributed by atoms with E-state index in [0.717, 1.165) is 11.1 Å². The molecule has 1 atom stereocenters. The summed E-state index contributed by atoms with van der Waals surface area (Å²) in [5.74, 6) is 0.204. The first-order valence-corrected chi connectivity index (χ1v) is 10.5. The third kappa shape index (κ3) is 5.55. The van der Waals surface area contributed by atoms with E-state index in [2.05, 4.69) is 20.8 Å². The van der Waals surface area contributed by atoms with Crippen LogP contribution in [0.15, 0.2) is 59.1 Å². The molecular formula is C23H24FN5O3. The number of piperazine rings is 1. The molecule has 2 heterocycles. The highest BCUT2D eigenvalue weighted by molar-refractivity contribution is 5.88. The number of nitrogens with zero attached hydrogens (tertiary/aromatic N) is 3. The Bertz CT molecular complexity index is 1060. The van der Waals surface area contributed by atoms with E-state index < -0.39 is 6.04 Å². The average Bonchev–Trinajstić information content (AvgIpc) is 3.27. The zero-order valence-electron chi connectivity index (χ0n) is 17.5. The summed E-state index contributed by atoms with van der Waals surface area (Å²) >= 11 is 0. The molecule has 0 bridgehead atoms. The van der Waals surface area contributed by atoms with E-state index in [0.29, 0.717) is 44.3 Å². The maximum Gasteiger partial charge on any atom is 0.237 e. The molecule has 0 saturated carbocycles. The lowest BCUT2D eigenvalue weighted by Crippen LogP contribution is -2.56. The van der Waals surface area contributed by atoms with Crippen molar-refractivity contribution in [3.05, 3.63) is 71.9 Å². The summed E-state index contributed by atoms with van der Waals surface area (Å²) < 4.78 is 18.4. The van der Waals surface area contributed by atoms with Crippen LogP contribution < -0.4 is 10.6 Å². The van der Waals surface area contributed by atoms with Crippen LogP contribution in [0, 0.1) is 5.82 Å². The van der Waals surface area contributed by atoms with Gasteiger partial charge in [-0.3, -0.25) is 14.5 Å². The van der Waals surface area contributed by atoms with Crippen LogP contribution in [0.25, 0.3) is 11.4 Å². The summed E-state index contributed by atoms with van der Waals surface area (Å²) in [5, 5.41) is 9.59. The Hall–Kier alpha value is -3.59. The van der Waals surface area contributed by atoms with Crippen molar-refractivity contribution in [3.8, 4) is 11.4 Å². The second kappa shape index (κ2) is 10.1. The van der Waals surface area contributed by atoms with Crippen molar-refractivity contribution in [1.82, 2.24) is 25.7 Å². The molecule has 2 amide bonds. The van der Waals surface area contributed by atoms with Crippen molar-refractivity contribution in [2.24, 2.45) is 0 Å². The highest BCUT2D eigenvalue weighted by Gasteiger charge is 2.31. The van der Waals surface area contributed by atoms with Gasteiger partial charge in [-0.25, -0.2) is 4.39 Å². The Balaban J connectivity index is 1.28. The van der Waals surface area contributed by atoms with Gasteiger partial charge in [0.2, 0.25) is 23.5 Å². The van der Waals surface area contributed by atoms with Crippen molar-refractivity contribution in [1.29, 1.82) is 0 Å². The number of halogens is 1. The second-order valence-electron chi connectivity index (χ2n) is 7.59. The van der Waals surface area contributed by atoms with Crippen LogP contribution in [0.3, 0.4) is 0 Å². The zero-order valence-corrected chi connectivity index (χ0v) is 17.5. The van der Waals surface area contributed by atoms with Gasteiger partial charge in [0.15, 0.2) is 0 Å². The molecule has 0 radical (unpaired) electrons. The highest BCUT2D eigenvalue weighted by Crippen LogP contribution is 2.16. The van der Waals surface area contributed by atoms with Crippen LogP contribution in [0.4, 0.5) is 4.39 Å². The summed E-state index contributed by atoms with van der Waals surface area (Å²) in [6.45, 7) is 1.92. The Labute approximate surface area is 184 Å². The van der Waals surface area contributed by atoms with Gasteiger partial charge >= 0.3 is 0 Å². The standard InChI is InChI=1S/C23H24FN5O3/c24-18-8-6-16(7-9-18)15-29-13-12-26-23(31)19(29)14-20(30)25-11-10-21-27-22(28-32-21)17-4-2-1-3-5-17/h1-9,19H,10-15H2,(H,25,30)(H,26,31). The molecule has 2 aromatic carbocycles. The van der Waals surface area contributed by atoms with Crippen molar-refractivity contribution in [2.75, 3.05) is 19.6 Å². The van der Waals surface area contributed by atoms with Gasteiger partial charge in [0, 0.05) is 38.2 Å². The fourth-order valence-corrected chi connectivity index (χ4v) is 3.62. The molecule has 2 N–H and O–H groups in total. The summed E-state index contributed by atoms with van der Waals surface area (Å²) in [5.41, 5.74) is 1.74.